The average Bonchev–Trinajstić information content (AvgIpc) is 2.88. The molecule has 2 N–H and O–H groups in total. The van der Waals surface area contributed by atoms with Gasteiger partial charge in [-0.2, -0.15) is 11.3 Å². The standard InChI is InChI=1S/C16H23N3O2S/c1-10(2)7-19(8-13-5-6-22-9-13)15(20)14-11(3)17-16(21)18-12(14)4/h5-6,9-11H,7-8H2,1-4H3,(H2,17,18,21)/t11-/m0/s1. The highest BCUT2D eigenvalue weighted by Gasteiger charge is 2.30. The van der Waals surface area contributed by atoms with Crippen molar-refractivity contribution in [2.75, 3.05) is 6.54 Å². The van der Waals surface area contributed by atoms with E-state index in [0.717, 1.165) is 5.56 Å². The molecule has 6 heteroatoms. The fourth-order valence-corrected chi connectivity index (χ4v) is 3.31. The monoisotopic (exact) mass is 321 g/mol. The summed E-state index contributed by atoms with van der Waals surface area (Å²) in [6.45, 7) is 9.09. The summed E-state index contributed by atoms with van der Waals surface area (Å²) in [7, 11) is 0. The molecule has 1 aliphatic rings. The molecule has 0 saturated carbocycles. The Labute approximate surface area is 135 Å². The fraction of sp³-hybridized carbons (Fsp3) is 0.500. The first kappa shape index (κ1) is 16.5. The van der Waals surface area contributed by atoms with Crippen LogP contribution in [0.25, 0.3) is 0 Å². The van der Waals surface area contributed by atoms with Gasteiger partial charge < -0.3 is 15.5 Å². The van der Waals surface area contributed by atoms with E-state index in [4.69, 9.17) is 0 Å². The van der Waals surface area contributed by atoms with Crippen LogP contribution in [-0.2, 0) is 11.3 Å². The van der Waals surface area contributed by atoms with E-state index in [-0.39, 0.29) is 18.0 Å². The lowest BCUT2D eigenvalue weighted by Gasteiger charge is -2.31. The molecule has 0 saturated heterocycles. The van der Waals surface area contributed by atoms with Gasteiger partial charge >= 0.3 is 6.03 Å². The maximum atomic E-state index is 13.0. The third-order valence-electron chi connectivity index (χ3n) is 3.54. The molecule has 22 heavy (non-hydrogen) atoms. The zero-order chi connectivity index (χ0) is 16.3. The number of carbonyl (C=O) groups excluding carboxylic acids is 2. The van der Waals surface area contributed by atoms with E-state index < -0.39 is 0 Å². The molecule has 3 amide bonds. The highest BCUT2D eigenvalue weighted by molar-refractivity contribution is 7.07. The SMILES string of the molecule is CC1=C(C(=O)N(Cc2ccsc2)CC(C)C)[C@H](C)NC(=O)N1. The molecule has 2 heterocycles. The molecule has 120 valence electrons. The number of rotatable bonds is 5. The molecule has 0 spiro atoms. The van der Waals surface area contributed by atoms with Crippen LogP contribution in [0.15, 0.2) is 28.1 Å². The van der Waals surface area contributed by atoms with Crippen LogP contribution in [0.5, 0.6) is 0 Å². The van der Waals surface area contributed by atoms with Crippen LogP contribution in [0.2, 0.25) is 0 Å². The summed E-state index contributed by atoms with van der Waals surface area (Å²) in [4.78, 5) is 26.3. The molecule has 1 aromatic heterocycles. The maximum Gasteiger partial charge on any atom is 0.319 e. The zero-order valence-electron chi connectivity index (χ0n) is 13.5. The second-order valence-corrected chi connectivity index (χ2v) is 6.85. The van der Waals surface area contributed by atoms with Gasteiger partial charge in [0.25, 0.3) is 5.91 Å². The Bertz CT molecular complexity index is 578. The summed E-state index contributed by atoms with van der Waals surface area (Å²) in [6, 6.07) is 1.50. The molecule has 1 atom stereocenters. The third-order valence-corrected chi connectivity index (χ3v) is 4.27. The highest BCUT2D eigenvalue weighted by atomic mass is 32.1. The van der Waals surface area contributed by atoms with E-state index >= 15 is 0 Å². The van der Waals surface area contributed by atoms with Crippen molar-refractivity contribution in [3.05, 3.63) is 33.7 Å². The minimum absolute atomic E-state index is 0.0163. The Kier molecular flexibility index (Phi) is 5.24. The second kappa shape index (κ2) is 6.96. The minimum atomic E-state index is -0.279. The first-order valence-electron chi connectivity index (χ1n) is 7.47. The number of hydrogen-bond donors (Lipinski definition) is 2. The fourth-order valence-electron chi connectivity index (χ4n) is 2.65. The number of hydrogen-bond acceptors (Lipinski definition) is 3. The number of nitrogens with one attached hydrogen (secondary N) is 2. The second-order valence-electron chi connectivity index (χ2n) is 6.07. The van der Waals surface area contributed by atoms with E-state index in [2.05, 4.69) is 29.9 Å². The molecule has 0 bridgehead atoms. The van der Waals surface area contributed by atoms with Gasteiger partial charge in [-0.25, -0.2) is 4.79 Å². The summed E-state index contributed by atoms with van der Waals surface area (Å²) in [6.07, 6.45) is 0. The van der Waals surface area contributed by atoms with Crippen molar-refractivity contribution < 1.29 is 9.59 Å². The molecule has 1 aliphatic heterocycles. The Morgan fingerprint density at radius 2 is 2.18 bits per heavy atom. The Morgan fingerprint density at radius 1 is 1.45 bits per heavy atom. The topological polar surface area (TPSA) is 61.4 Å². The molecule has 0 radical (unpaired) electrons. The molecule has 0 fully saturated rings. The van der Waals surface area contributed by atoms with Crippen molar-refractivity contribution in [2.45, 2.75) is 40.3 Å². The highest BCUT2D eigenvalue weighted by Crippen LogP contribution is 2.19. The van der Waals surface area contributed by atoms with Crippen LogP contribution >= 0.6 is 11.3 Å². The van der Waals surface area contributed by atoms with Crippen LogP contribution in [0.4, 0.5) is 4.79 Å². The van der Waals surface area contributed by atoms with Gasteiger partial charge in [-0.15, -0.1) is 0 Å². The van der Waals surface area contributed by atoms with Crippen LogP contribution in [-0.4, -0.2) is 29.4 Å². The number of allylic oxidation sites excluding steroid dienone is 1. The smallest absolute Gasteiger partial charge is 0.319 e. The van der Waals surface area contributed by atoms with E-state index in [1.807, 2.05) is 23.3 Å². The number of thiophene rings is 1. The summed E-state index contributed by atoms with van der Waals surface area (Å²) in [5.74, 6) is 0.363. The molecule has 0 aliphatic carbocycles. The zero-order valence-corrected chi connectivity index (χ0v) is 14.3. The Balaban J connectivity index is 2.24. The number of amides is 3. The first-order chi connectivity index (χ1) is 10.4. The van der Waals surface area contributed by atoms with Gasteiger partial charge in [-0.3, -0.25) is 4.79 Å². The van der Waals surface area contributed by atoms with Crippen molar-refractivity contribution in [2.24, 2.45) is 5.92 Å². The Hall–Kier alpha value is -1.82. The number of carbonyl (C=O) groups is 2. The maximum absolute atomic E-state index is 13.0. The minimum Gasteiger partial charge on any atom is -0.334 e. The van der Waals surface area contributed by atoms with E-state index in [9.17, 15) is 9.59 Å². The summed E-state index contributed by atoms with van der Waals surface area (Å²) < 4.78 is 0. The molecule has 1 aromatic rings. The first-order valence-corrected chi connectivity index (χ1v) is 8.41. The normalized spacial score (nSPS) is 18.2. The van der Waals surface area contributed by atoms with Crippen molar-refractivity contribution in [1.82, 2.24) is 15.5 Å². The molecule has 0 aromatic carbocycles. The molecule has 5 nitrogen and oxygen atoms in total. The van der Waals surface area contributed by atoms with Crippen molar-refractivity contribution >= 4 is 23.3 Å². The predicted octanol–water partition coefficient (Wildman–Crippen LogP) is 2.71. The average molecular weight is 321 g/mol. The predicted molar refractivity (Wildman–Crippen MR) is 88.4 cm³/mol. The van der Waals surface area contributed by atoms with Gasteiger partial charge in [-0.05, 0) is 42.2 Å². The van der Waals surface area contributed by atoms with E-state index in [1.54, 1.807) is 18.3 Å². The molecule has 2 rings (SSSR count). The summed E-state index contributed by atoms with van der Waals surface area (Å²) in [5.41, 5.74) is 2.41. The van der Waals surface area contributed by atoms with Crippen LogP contribution in [0, 0.1) is 5.92 Å². The molecular weight excluding hydrogens is 298 g/mol. The van der Waals surface area contributed by atoms with Gasteiger partial charge in [0.15, 0.2) is 0 Å². The van der Waals surface area contributed by atoms with Gasteiger partial charge in [-0.1, -0.05) is 13.8 Å². The summed E-state index contributed by atoms with van der Waals surface area (Å²) >= 11 is 1.63. The van der Waals surface area contributed by atoms with Gasteiger partial charge in [0.1, 0.15) is 0 Å². The van der Waals surface area contributed by atoms with Crippen molar-refractivity contribution in [3.8, 4) is 0 Å². The number of urea groups is 1. The third kappa shape index (κ3) is 3.88. The quantitative estimate of drug-likeness (QED) is 0.876. The van der Waals surface area contributed by atoms with Crippen LogP contribution in [0.1, 0.15) is 33.3 Å². The van der Waals surface area contributed by atoms with Crippen molar-refractivity contribution in [1.29, 1.82) is 0 Å². The molecular formula is C16H23N3O2S. The van der Waals surface area contributed by atoms with E-state index in [1.165, 1.54) is 0 Å². The van der Waals surface area contributed by atoms with Crippen LogP contribution < -0.4 is 10.6 Å². The van der Waals surface area contributed by atoms with Gasteiger partial charge in [0.05, 0.1) is 11.6 Å². The largest absolute Gasteiger partial charge is 0.334 e. The Morgan fingerprint density at radius 3 is 2.73 bits per heavy atom. The lowest BCUT2D eigenvalue weighted by molar-refractivity contribution is -0.128. The van der Waals surface area contributed by atoms with E-state index in [0.29, 0.717) is 30.3 Å². The van der Waals surface area contributed by atoms with Crippen LogP contribution in [0.3, 0.4) is 0 Å². The summed E-state index contributed by atoms with van der Waals surface area (Å²) in [5, 5.41) is 9.52. The van der Waals surface area contributed by atoms with Gasteiger partial charge in [0.2, 0.25) is 0 Å². The van der Waals surface area contributed by atoms with Crippen molar-refractivity contribution in [3.63, 3.8) is 0 Å². The lowest BCUT2D eigenvalue weighted by Crippen LogP contribution is -2.51. The lowest BCUT2D eigenvalue weighted by atomic mass is 10.0. The van der Waals surface area contributed by atoms with Gasteiger partial charge in [0, 0.05) is 18.8 Å². The molecule has 0 unspecified atom stereocenters. The number of nitrogens with zero attached hydrogens (tertiary/aromatic N) is 1.